The van der Waals surface area contributed by atoms with Gasteiger partial charge in [0.25, 0.3) is 0 Å². The molecule has 4 nitrogen and oxygen atoms in total. The first kappa shape index (κ1) is 11.7. The van der Waals surface area contributed by atoms with Gasteiger partial charge >= 0.3 is 6.09 Å². The standard InChI is InChI=1S/C12H21NO3/c1-11(2,3)16-10(14)13-9-5-4-6-12(7-9)8-15-12/h9H,4-8H2,1-3H3,(H,13,14). The Kier molecular flexibility index (Phi) is 2.86. The summed E-state index contributed by atoms with van der Waals surface area (Å²) in [4.78, 5) is 11.6. The van der Waals surface area contributed by atoms with Crippen LogP contribution < -0.4 is 5.32 Å². The van der Waals surface area contributed by atoms with Gasteiger partial charge in [0.1, 0.15) is 5.60 Å². The zero-order chi connectivity index (χ0) is 11.8. The maximum atomic E-state index is 11.6. The quantitative estimate of drug-likeness (QED) is 0.699. The van der Waals surface area contributed by atoms with Crippen LogP contribution in [0.5, 0.6) is 0 Å². The van der Waals surface area contributed by atoms with Gasteiger partial charge in [-0.2, -0.15) is 0 Å². The van der Waals surface area contributed by atoms with Crippen LogP contribution in [0.25, 0.3) is 0 Å². The van der Waals surface area contributed by atoms with Gasteiger partial charge in [0.2, 0.25) is 0 Å². The van der Waals surface area contributed by atoms with Gasteiger partial charge in [-0.25, -0.2) is 4.79 Å². The average Bonchev–Trinajstić information content (AvgIpc) is 2.81. The lowest BCUT2D eigenvalue weighted by Gasteiger charge is -2.28. The van der Waals surface area contributed by atoms with Crippen molar-refractivity contribution in [2.24, 2.45) is 0 Å². The summed E-state index contributed by atoms with van der Waals surface area (Å²) in [5.41, 5.74) is -0.329. The van der Waals surface area contributed by atoms with Gasteiger partial charge < -0.3 is 14.8 Å². The van der Waals surface area contributed by atoms with Crippen LogP contribution in [-0.4, -0.2) is 29.9 Å². The summed E-state index contributed by atoms with van der Waals surface area (Å²) >= 11 is 0. The molecule has 0 bridgehead atoms. The largest absolute Gasteiger partial charge is 0.444 e. The van der Waals surface area contributed by atoms with E-state index in [-0.39, 0.29) is 17.7 Å². The number of rotatable bonds is 1. The molecule has 16 heavy (non-hydrogen) atoms. The van der Waals surface area contributed by atoms with Gasteiger partial charge in [-0.1, -0.05) is 0 Å². The fraction of sp³-hybridized carbons (Fsp3) is 0.917. The number of carbonyl (C=O) groups excluding carboxylic acids is 1. The molecule has 0 aromatic carbocycles. The Labute approximate surface area is 96.7 Å². The van der Waals surface area contributed by atoms with Crippen molar-refractivity contribution in [3.05, 3.63) is 0 Å². The lowest BCUT2D eigenvalue weighted by Crippen LogP contribution is -2.43. The monoisotopic (exact) mass is 227 g/mol. The van der Waals surface area contributed by atoms with Crippen molar-refractivity contribution in [2.45, 2.75) is 63.7 Å². The van der Waals surface area contributed by atoms with E-state index in [4.69, 9.17) is 9.47 Å². The Balaban J connectivity index is 1.78. The predicted octanol–water partition coefficient (Wildman–Crippen LogP) is 2.22. The zero-order valence-electron chi connectivity index (χ0n) is 10.3. The highest BCUT2D eigenvalue weighted by atomic mass is 16.6. The molecule has 1 saturated heterocycles. The van der Waals surface area contributed by atoms with Crippen LogP contribution in [0.2, 0.25) is 0 Å². The van der Waals surface area contributed by atoms with Crippen LogP contribution in [0, 0.1) is 0 Å². The molecule has 2 atom stereocenters. The van der Waals surface area contributed by atoms with E-state index in [1.54, 1.807) is 0 Å². The maximum Gasteiger partial charge on any atom is 0.407 e. The van der Waals surface area contributed by atoms with Crippen LogP contribution in [0.1, 0.15) is 46.5 Å². The van der Waals surface area contributed by atoms with Gasteiger partial charge in [0, 0.05) is 6.04 Å². The van der Waals surface area contributed by atoms with Crippen molar-refractivity contribution < 1.29 is 14.3 Å². The molecule has 2 unspecified atom stereocenters. The van der Waals surface area contributed by atoms with Crippen molar-refractivity contribution >= 4 is 6.09 Å². The van der Waals surface area contributed by atoms with Crippen molar-refractivity contribution in [3.63, 3.8) is 0 Å². The topological polar surface area (TPSA) is 50.9 Å². The molecule has 92 valence electrons. The highest BCUT2D eigenvalue weighted by Gasteiger charge is 2.48. The van der Waals surface area contributed by atoms with Gasteiger partial charge in [0.15, 0.2) is 0 Å². The molecule has 1 spiro atoms. The number of amides is 1. The number of hydrogen-bond acceptors (Lipinski definition) is 3. The zero-order valence-corrected chi connectivity index (χ0v) is 10.3. The van der Waals surface area contributed by atoms with Crippen molar-refractivity contribution in [1.82, 2.24) is 5.32 Å². The Morgan fingerprint density at radius 3 is 2.75 bits per heavy atom. The van der Waals surface area contributed by atoms with E-state index < -0.39 is 5.60 Å². The number of carbonyl (C=O) groups is 1. The predicted molar refractivity (Wildman–Crippen MR) is 60.3 cm³/mol. The summed E-state index contributed by atoms with van der Waals surface area (Å²) in [6.07, 6.45) is 3.92. The molecule has 1 aliphatic heterocycles. The molecular weight excluding hydrogens is 206 g/mol. The fourth-order valence-corrected chi connectivity index (χ4v) is 2.29. The van der Waals surface area contributed by atoms with E-state index in [0.29, 0.717) is 0 Å². The molecule has 0 aromatic heterocycles. The average molecular weight is 227 g/mol. The second-order valence-corrected chi connectivity index (χ2v) is 5.91. The minimum absolute atomic E-state index is 0.0952. The molecule has 1 amide bonds. The van der Waals surface area contributed by atoms with Gasteiger partial charge in [0.05, 0.1) is 12.2 Å². The molecule has 2 rings (SSSR count). The second kappa shape index (κ2) is 3.91. The SMILES string of the molecule is CC(C)(C)OC(=O)NC1CCCC2(CO2)C1. The summed E-state index contributed by atoms with van der Waals surface area (Å²) in [5.74, 6) is 0. The Morgan fingerprint density at radius 1 is 1.50 bits per heavy atom. The second-order valence-electron chi connectivity index (χ2n) is 5.91. The summed E-state index contributed by atoms with van der Waals surface area (Å²) in [6, 6.07) is 0.214. The van der Waals surface area contributed by atoms with Crippen LogP contribution in [0.3, 0.4) is 0 Å². The Hall–Kier alpha value is -0.770. The van der Waals surface area contributed by atoms with Crippen LogP contribution in [-0.2, 0) is 9.47 Å². The summed E-state index contributed by atoms with van der Waals surface area (Å²) < 4.78 is 10.7. The third-order valence-electron chi connectivity index (χ3n) is 3.08. The van der Waals surface area contributed by atoms with E-state index in [2.05, 4.69) is 5.32 Å². The van der Waals surface area contributed by atoms with E-state index >= 15 is 0 Å². The normalized spacial score (nSPS) is 33.6. The molecule has 0 aromatic rings. The van der Waals surface area contributed by atoms with Crippen LogP contribution >= 0.6 is 0 Å². The van der Waals surface area contributed by atoms with E-state index in [1.807, 2.05) is 20.8 Å². The fourth-order valence-electron chi connectivity index (χ4n) is 2.29. The lowest BCUT2D eigenvalue weighted by molar-refractivity contribution is 0.0479. The lowest BCUT2D eigenvalue weighted by atomic mass is 9.86. The number of epoxide rings is 1. The van der Waals surface area contributed by atoms with E-state index in [0.717, 1.165) is 32.3 Å². The smallest absolute Gasteiger partial charge is 0.407 e. The molecule has 1 N–H and O–H groups in total. The van der Waals surface area contributed by atoms with Crippen LogP contribution in [0.4, 0.5) is 4.79 Å². The first-order valence-electron chi connectivity index (χ1n) is 6.02. The minimum atomic E-state index is -0.424. The van der Waals surface area contributed by atoms with Gasteiger partial charge in [-0.3, -0.25) is 0 Å². The molecule has 2 fully saturated rings. The van der Waals surface area contributed by atoms with E-state index in [9.17, 15) is 4.79 Å². The number of alkyl carbamates (subject to hydrolysis) is 1. The summed E-state index contributed by atoms with van der Waals surface area (Å²) in [5, 5.41) is 2.93. The molecule has 0 radical (unpaired) electrons. The van der Waals surface area contributed by atoms with Crippen molar-refractivity contribution in [1.29, 1.82) is 0 Å². The van der Waals surface area contributed by atoms with Gasteiger partial charge in [-0.05, 0) is 46.5 Å². The Morgan fingerprint density at radius 2 is 2.19 bits per heavy atom. The molecule has 2 aliphatic rings. The van der Waals surface area contributed by atoms with Crippen LogP contribution in [0.15, 0.2) is 0 Å². The molecular formula is C12H21NO3. The van der Waals surface area contributed by atoms with Crippen molar-refractivity contribution in [2.75, 3.05) is 6.61 Å². The molecule has 1 heterocycles. The van der Waals surface area contributed by atoms with Crippen molar-refractivity contribution in [3.8, 4) is 0 Å². The maximum absolute atomic E-state index is 11.6. The number of hydrogen-bond donors (Lipinski definition) is 1. The first-order valence-corrected chi connectivity index (χ1v) is 6.02. The Bertz CT molecular complexity index is 278. The van der Waals surface area contributed by atoms with Gasteiger partial charge in [-0.15, -0.1) is 0 Å². The summed E-state index contributed by atoms with van der Waals surface area (Å²) in [6.45, 7) is 6.48. The first-order chi connectivity index (χ1) is 7.39. The summed E-state index contributed by atoms with van der Waals surface area (Å²) in [7, 11) is 0. The third-order valence-corrected chi connectivity index (χ3v) is 3.08. The highest BCUT2D eigenvalue weighted by molar-refractivity contribution is 5.68. The third kappa shape index (κ3) is 3.11. The molecule has 1 aliphatic carbocycles. The number of nitrogens with one attached hydrogen (secondary N) is 1. The minimum Gasteiger partial charge on any atom is -0.444 e. The molecule has 1 saturated carbocycles. The molecule has 4 heteroatoms. The number of ether oxygens (including phenoxy) is 2. The van der Waals surface area contributed by atoms with E-state index in [1.165, 1.54) is 0 Å². The highest BCUT2D eigenvalue weighted by Crippen LogP contribution is 2.41.